The lowest BCUT2D eigenvalue weighted by molar-refractivity contribution is 0.168. The van der Waals surface area contributed by atoms with Gasteiger partial charge >= 0.3 is 0 Å². The minimum absolute atomic E-state index is 0.447. The summed E-state index contributed by atoms with van der Waals surface area (Å²) in [6.45, 7) is 7.19. The summed E-state index contributed by atoms with van der Waals surface area (Å²) in [5.41, 5.74) is 3.31. The second kappa shape index (κ2) is 8.59. The van der Waals surface area contributed by atoms with E-state index >= 15 is 0 Å². The van der Waals surface area contributed by atoms with E-state index < -0.39 is 6.10 Å². The number of rotatable bonds is 8. The molecule has 2 aromatic rings. The van der Waals surface area contributed by atoms with Gasteiger partial charge in [0.1, 0.15) is 0 Å². The van der Waals surface area contributed by atoms with E-state index in [2.05, 4.69) is 0 Å². The average Bonchev–Trinajstić information content (AvgIpc) is 2.56. The van der Waals surface area contributed by atoms with Crippen molar-refractivity contribution in [2.24, 2.45) is 0 Å². The van der Waals surface area contributed by atoms with Crippen molar-refractivity contribution < 1.29 is 14.6 Å². The summed E-state index contributed by atoms with van der Waals surface area (Å²) in [4.78, 5) is 0. The lowest BCUT2D eigenvalue weighted by atomic mass is 10.0. The SMILES string of the molecule is CCOc1ccc(CCC(O)c2ccc(C)cc2)cc1OCC. The third-order valence-electron chi connectivity index (χ3n) is 3.78. The van der Waals surface area contributed by atoms with Gasteiger partial charge < -0.3 is 14.6 Å². The van der Waals surface area contributed by atoms with Crippen LogP contribution in [0.15, 0.2) is 42.5 Å². The molecule has 1 unspecified atom stereocenters. The summed E-state index contributed by atoms with van der Waals surface area (Å²) in [6, 6.07) is 14.0. The molecule has 0 saturated heterocycles. The number of aryl methyl sites for hydroxylation is 2. The molecule has 0 aliphatic carbocycles. The third kappa shape index (κ3) is 5.00. The van der Waals surface area contributed by atoms with Crippen molar-refractivity contribution in [2.75, 3.05) is 13.2 Å². The van der Waals surface area contributed by atoms with E-state index in [9.17, 15) is 5.11 Å². The zero-order chi connectivity index (χ0) is 16.7. The molecule has 0 saturated carbocycles. The topological polar surface area (TPSA) is 38.7 Å². The van der Waals surface area contributed by atoms with Gasteiger partial charge in [-0.3, -0.25) is 0 Å². The Bertz CT molecular complexity index is 605. The lowest BCUT2D eigenvalue weighted by Gasteiger charge is -2.14. The molecular formula is C20H26O3. The molecule has 2 rings (SSSR count). The largest absolute Gasteiger partial charge is 0.490 e. The number of ether oxygens (including phenoxy) is 2. The molecule has 23 heavy (non-hydrogen) atoms. The number of aliphatic hydroxyl groups is 1. The van der Waals surface area contributed by atoms with Crippen LogP contribution in [-0.4, -0.2) is 18.3 Å². The Labute approximate surface area is 138 Å². The van der Waals surface area contributed by atoms with Gasteiger partial charge in [-0.15, -0.1) is 0 Å². The smallest absolute Gasteiger partial charge is 0.161 e. The molecule has 0 fully saturated rings. The predicted octanol–water partition coefficient (Wildman–Crippen LogP) is 4.46. The van der Waals surface area contributed by atoms with Gasteiger partial charge in [-0.2, -0.15) is 0 Å². The van der Waals surface area contributed by atoms with Crippen molar-refractivity contribution in [1.82, 2.24) is 0 Å². The van der Waals surface area contributed by atoms with E-state index in [4.69, 9.17) is 9.47 Å². The molecule has 0 bridgehead atoms. The highest BCUT2D eigenvalue weighted by Gasteiger charge is 2.10. The fraction of sp³-hybridized carbons (Fsp3) is 0.400. The van der Waals surface area contributed by atoms with Crippen molar-refractivity contribution in [2.45, 2.75) is 39.7 Å². The molecule has 3 heteroatoms. The van der Waals surface area contributed by atoms with Gasteiger partial charge in [0.05, 0.1) is 19.3 Å². The Morgan fingerprint density at radius 1 is 0.913 bits per heavy atom. The molecule has 0 amide bonds. The molecule has 0 radical (unpaired) electrons. The predicted molar refractivity (Wildman–Crippen MR) is 93.2 cm³/mol. The minimum atomic E-state index is -0.447. The molecule has 124 valence electrons. The Balaban J connectivity index is 2.01. The second-order valence-electron chi connectivity index (χ2n) is 5.61. The van der Waals surface area contributed by atoms with Gasteiger partial charge in [0.15, 0.2) is 11.5 Å². The van der Waals surface area contributed by atoms with Crippen LogP contribution in [0.2, 0.25) is 0 Å². The highest BCUT2D eigenvalue weighted by atomic mass is 16.5. The number of aliphatic hydroxyl groups excluding tert-OH is 1. The van der Waals surface area contributed by atoms with Crippen molar-refractivity contribution in [3.8, 4) is 11.5 Å². The minimum Gasteiger partial charge on any atom is -0.490 e. The maximum absolute atomic E-state index is 10.3. The van der Waals surface area contributed by atoms with Crippen LogP contribution in [0.25, 0.3) is 0 Å². The van der Waals surface area contributed by atoms with Gasteiger partial charge in [-0.25, -0.2) is 0 Å². The van der Waals surface area contributed by atoms with Gasteiger partial charge in [-0.05, 0) is 56.9 Å². The van der Waals surface area contributed by atoms with E-state index in [0.29, 0.717) is 19.6 Å². The normalized spacial score (nSPS) is 12.0. The summed E-state index contributed by atoms with van der Waals surface area (Å²) in [5.74, 6) is 1.55. The molecular weight excluding hydrogens is 288 g/mol. The van der Waals surface area contributed by atoms with Crippen LogP contribution in [0.3, 0.4) is 0 Å². The van der Waals surface area contributed by atoms with Crippen LogP contribution in [-0.2, 0) is 6.42 Å². The van der Waals surface area contributed by atoms with Gasteiger partial charge in [0.2, 0.25) is 0 Å². The van der Waals surface area contributed by atoms with E-state index in [1.54, 1.807) is 0 Å². The zero-order valence-corrected chi connectivity index (χ0v) is 14.2. The summed E-state index contributed by atoms with van der Waals surface area (Å²) in [7, 11) is 0. The fourth-order valence-electron chi connectivity index (χ4n) is 2.51. The van der Waals surface area contributed by atoms with E-state index in [1.165, 1.54) is 5.56 Å². The van der Waals surface area contributed by atoms with Crippen molar-refractivity contribution in [3.63, 3.8) is 0 Å². The molecule has 0 aliphatic rings. The Hall–Kier alpha value is -2.00. The summed E-state index contributed by atoms with van der Waals surface area (Å²) >= 11 is 0. The summed E-state index contributed by atoms with van der Waals surface area (Å²) < 4.78 is 11.2. The van der Waals surface area contributed by atoms with Crippen molar-refractivity contribution in [3.05, 3.63) is 59.2 Å². The molecule has 0 aliphatic heterocycles. The van der Waals surface area contributed by atoms with Crippen LogP contribution >= 0.6 is 0 Å². The molecule has 1 atom stereocenters. The number of hydrogen-bond acceptors (Lipinski definition) is 3. The van der Waals surface area contributed by atoms with Gasteiger partial charge in [0.25, 0.3) is 0 Å². The van der Waals surface area contributed by atoms with Crippen LogP contribution in [0, 0.1) is 6.92 Å². The van der Waals surface area contributed by atoms with Crippen molar-refractivity contribution in [1.29, 1.82) is 0 Å². The quantitative estimate of drug-likeness (QED) is 0.782. The first-order valence-electron chi connectivity index (χ1n) is 8.27. The molecule has 1 N–H and O–H groups in total. The fourth-order valence-corrected chi connectivity index (χ4v) is 2.51. The Morgan fingerprint density at radius 2 is 1.57 bits per heavy atom. The zero-order valence-electron chi connectivity index (χ0n) is 14.2. The maximum atomic E-state index is 10.3. The second-order valence-corrected chi connectivity index (χ2v) is 5.61. The van der Waals surface area contributed by atoms with Crippen LogP contribution in [0.5, 0.6) is 11.5 Å². The Kier molecular flexibility index (Phi) is 6.48. The molecule has 2 aromatic carbocycles. The maximum Gasteiger partial charge on any atom is 0.161 e. The molecule has 0 spiro atoms. The first-order chi connectivity index (χ1) is 11.1. The average molecular weight is 314 g/mol. The summed E-state index contributed by atoms with van der Waals surface area (Å²) in [5, 5.41) is 10.3. The van der Waals surface area contributed by atoms with Crippen molar-refractivity contribution >= 4 is 0 Å². The molecule has 0 aromatic heterocycles. The molecule has 3 nitrogen and oxygen atoms in total. The highest BCUT2D eigenvalue weighted by molar-refractivity contribution is 5.43. The van der Waals surface area contributed by atoms with Crippen LogP contribution in [0.1, 0.15) is 43.1 Å². The number of benzene rings is 2. The lowest BCUT2D eigenvalue weighted by Crippen LogP contribution is -2.02. The third-order valence-corrected chi connectivity index (χ3v) is 3.78. The molecule has 0 heterocycles. The summed E-state index contributed by atoms with van der Waals surface area (Å²) in [6.07, 6.45) is 1.03. The van der Waals surface area contributed by atoms with Crippen LogP contribution in [0.4, 0.5) is 0 Å². The van der Waals surface area contributed by atoms with E-state index in [-0.39, 0.29) is 0 Å². The van der Waals surface area contributed by atoms with E-state index in [1.807, 2.05) is 63.2 Å². The van der Waals surface area contributed by atoms with Gasteiger partial charge in [-0.1, -0.05) is 35.9 Å². The first-order valence-corrected chi connectivity index (χ1v) is 8.27. The number of hydrogen-bond donors (Lipinski definition) is 1. The highest BCUT2D eigenvalue weighted by Crippen LogP contribution is 2.30. The van der Waals surface area contributed by atoms with E-state index in [0.717, 1.165) is 29.0 Å². The Morgan fingerprint density at radius 3 is 2.22 bits per heavy atom. The standard InChI is InChI=1S/C20H26O3/c1-4-22-19-13-9-16(14-20(19)23-5-2)8-12-18(21)17-10-6-15(3)7-11-17/h6-7,9-11,13-14,18,21H,4-5,8,12H2,1-3H3. The first kappa shape index (κ1) is 17.4. The monoisotopic (exact) mass is 314 g/mol. The van der Waals surface area contributed by atoms with Crippen LogP contribution < -0.4 is 9.47 Å². The van der Waals surface area contributed by atoms with Gasteiger partial charge in [0, 0.05) is 0 Å².